The Kier molecular flexibility index (Phi) is 9.46. The first-order valence-corrected chi connectivity index (χ1v) is 11.7. The van der Waals surface area contributed by atoms with Crippen LogP contribution < -0.4 is 22.0 Å². The van der Waals surface area contributed by atoms with Gasteiger partial charge in [0, 0.05) is 23.1 Å². The molecule has 1 aromatic heterocycles. The highest BCUT2D eigenvalue weighted by atomic mass is 35.5. The topological polar surface area (TPSA) is 45.7 Å². The standard InChI is InChI=1S/C26H33N3O2S.ClH/c1-26(2,3)21-12-8-20(9-13-21)24(30)29(17-7-16-28(4)5)25-27-23(18-32-25)19-10-14-22(31-6)15-11-19;/h8-15,18H,7,16-17H2,1-6H3;1H/p-1. The van der Waals surface area contributed by atoms with E-state index in [0.717, 1.165) is 35.1 Å². The van der Waals surface area contributed by atoms with Crippen molar-refractivity contribution in [3.05, 3.63) is 65.0 Å². The minimum absolute atomic E-state index is 0. The lowest BCUT2D eigenvalue weighted by atomic mass is 9.86. The summed E-state index contributed by atoms with van der Waals surface area (Å²) in [6.45, 7) is 8.05. The zero-order valence-corrected chi connectivity index (χ0v) is 21.8. The highest BCUT2D eigenvalue weighted by Crippen LogP contribution is 2.30. The number of carbonyl (C=O) groups excluding carboxylic acids is 1. The minimum Gasteiger partial charge on any atom is -1.00 e. The third-order valence-corrected chi connectivity index (χ3v) is 6.20. The van der Waals surface area contributed by atoms with E-state index < -0.39 is 0 Å². The fraction of sp³-hybridized carbons (Fsp3) is 0.385. The van der Waals surface area contributed by atoms with Crippen molar-refractivity contribution in [1.82, 2.24) is 9.88 Å². The molecule has 3 aromatic rings. The fourth-order valence-corrected chi connectivity index (χ4v) is 4.24. The molecule has 2 aromatic carbocycles. The second kappa shape index (κ2) is 11.6. The molecule has 1 heterocycles. The molecule has 0 aliphatic heterocycles. The molecule has 0 radical (unpaired) electrons. The van der Waals surface area contributed by atoms with Crippen LogP contribution in [0, 0.1) is 0 Å². The highest BCUT2D eigenvalue weighted by molar-refractivity contribution is 7.14. The van der Waals surface area contributed by atoms with Crippen molar-refractivity contribution in [2.75, 3.05) is 39.2 Å². The van der Waals surface area contributed by atoms with Gasteiger partial charge >= 0.3 is 0 Å². The van der Waals surface area contributed by atoms with Gasteiger partial charge in [0.1, 0.15) is 5.75 Å². The average Bonchev–Trinajstić information content (AvgIpc) is 3.25. The van der Waals surface area contributed by atoms with Crippen LogP contribution in [0.15, 0.2) is 53.9 Å². The van der Waals surface area contributed by atoms with Gasteiger partial charge in [-0.05, 0) is 74.4 Å². The van der Waals surface area contributed by atoms with Crippen molar-refractivity contribution in [2.45, 2.75) is 32.6 Å². The fourth-order valence-electron chi connectivity index (χ4n) is 3.38. The summed E-state index contributed by atoms with van der Waals surface area (Å²) in [5.41, 5.74) is 3.81. The lowest BCUT2D eigenvalue weighted by molar-refractivity contribution is -0.0000150. The first-order chi connectivity index (χ1) is 15.2. The highest BCUT2D eigenvalue weighted by Gasteiger charge is 2.22. The lowest BCUT2D eigenvalue weighted by Gasteiger charge is -2.22. The number of ether oxygens (including phenoxy) is 1. The lowest BCUT2D eigenvalue weighted by Crippen LogP contribution is -3.00. The molecule has 0 bridgehead atoms. The summed E-state index contributed by atoms with van der Waals surface area (Å²) in [7, 11) is 5.74. The van der Waals surface area contributed by atoms with Crippen LogP contribution in [0.5, 0.6) is 5.75 Å². The maximum atomic E-state index is 13.5. The summed E-state index contributed by atoms with van der Waals surface area (Å²) in [5.74, 6) is 0.795. The Morgan fingerprint density at radius 3 is 2.18 bits per heavy atom. The molecule has 1 amide bonds. The molecular formula is C26H33ClN3O2S-. The largest absolute Gasteiger partial charge is 1.00 e. The zero-order valence-electron chi connectivity index (χ0n) is 20.3. The molecule has 33 heavy (non-hydrogen) atoms. The number of hydrogen-bond donors (Lipinski definition) is 0. The molecule has 0 spiro atoms. The molecule has 3 rings (SSSR count). The first kappa shape index (κ1) is 26.8. The van der Waals surface area contributed by atoms with E-state index in [9.17, 15) is 4.79 Å². The predicted octanol–water partition coefficient (Wildman–Crippen LogP) is 2.72. The third kappa shape index (κ3) is 7.03. The van der Waals surface area contributed by atoms with E-state index in [0.29, 0.717) is 12.1 Å². The molecule has 178 valence electrons. The summed E-state index contributed by atoms with van der Waals surface area (Å²) >= 11 is 1.50. The Hall–Kier alpha value is -2.41. The van der Waals surface area contributed by atoms with Crippen molar-refractivity contribution < 1.29 is 21.9 Å². The molecule has 0 unspecified atom stereocenters. The average molecular weight is 487 g/mol. The first-order valence-electron chi connectivity index (χ1n) is 10.9. The van der Waals surface area contributed by atoms with E-state index >= 15 is 0 Å². The Morgan fingerprint density at radius 2 is 1.64 bits per heavy atom. The Morgan fingerprint density at radius 1 is 1.00 bits per heavy atom. The summed E-state index contributed by atoms with van der Waals surface area (Å²) in [4.78, 5) is 22.2. The number of thiazole rings is 1. The molecular weight excluding hydrogens is 454 g/mol. The van der Waals surface area contributed by atoms with E-state index in [4.69, 9.17) is 9.72 Å². The minimum atomic E-state index is -0.0140. The molecule has 0 saturated heterocycles. The van der Waals surface area contributed by atoms with E-state index in [1.807, 2.05) is 60.8 Å². The molecule has 0 saturated carbocycles. The number of carbonyl (C=O) groups is 1. The van der Waals surface area contributed by atoms with Crippen LogP contribution >= 0.6 is 11.3 Å². The number of amides is 1. The van der Waals surface area contributed by atoms with Crippen molar-refractivity contribution in [1.29, 1.82) is 0 Å². The number of nitrogens with zero attached hydrogens (tertiary/aromatic N) is 3. The summed E-state index contributed by atoms with van der Waals surface area (Å²) in [5, 5.41) is 2.73. The van der Waals surface area contributed by atoms with Crippen LogP contribution in [0.1, 0.15) is 43.1 Å². The van der Waals surface area contributed by atoms with Gasteiger partial charge in [0.25, 0.3) is 5.91 Å². The van der Waals surface area contributed by atoms with E-state index in [2.05, 4.69) is 37.8 Å². The molecule has 0 N–H and O–H groups in total. The maximum absolute atomic E-state index is 13.5. The normalized spacial score (nSPS) is 11.2. The smallest absolute Gasteiger partial charge is 0.260 e. The Labute approximate surface area is 207 Å². The van der Waals surface area contributed by atoms with Crippen molar-refractivity contribution in [2.24, 2.45) is 0 Å². The van der Waals surface area contributed by atoms with Crippen LogP contribution in [0.3, 0.4) is 0 Å². The number of rotatable bonds is 8. The SMILES string of the molecule is COc1ccc(-c2csc(N(CCCN(C)C)C(=O)c3ccc(C(C)(C)C)cc3)n2)cc1.[Cl-]. The van der Waals surface area contributed by atoms with E-state index in [1.165, 1.54) is 16.9 Å². The molecule has 0 fully saturated rings. The van der Waals surface area contributed by atoms with Gasteiger partial charge in [0.2, 0.25) is 0 Å². The maximum Gasteiger partial charge on any atom is 0.260 e. The van der Waals surface area contributed by atoms with Crippen LogP contribution in [-0.4, -0.2) is 50.1 Å². The quantitative estimate of drug-likeness (QED) is 0.491. The molecule has 0 atom stereocenters. The van der Waals surface area contributed by atoms with Gasteiger partial charge in [-0.25, -0.2) is 4.98 Å². The van der Waals surface area contributed by atoms with Gasteiger partial charge in [-0.3, -0.25) is 9.69 Å². The molecule has 5 nitrogen and oxygen atoms in total. The third-order valence-electron chi connectivity index (χ3n) is 5.34. The number of aromatic nitrogens is 1. The molecule has 0 aliphatic carbocycles. The number of halogens is 1. The van der Waals surface area contributed by atoms with Gasteiger partial charge < -0.3 is 22.0 Å². The van der Waals surface area contributed by atoms with Gasteiger partial charge in [-0.2, -0.15) is 0 Å². The van der Waals surface area contributed by atoms with Crippen molar-refractivity contribution in [3.63, 3.8) is 0 Å². The number of methoxy groups -OCH3 is 1. The summed E-state index contributed by atoms with van der Waals surface area (Å²) in [6.07, 6.45) is 0.871. The molecule has 7 heteroatoms. The number of anilines is 1. The van der Waals surface area contributed by atoms with E-state index in [1.54, 1.807) is 7.11 Å². The van der Waals surface area contributed by atoms with E-state index in [-0.39, 0.29) is 23.7 Å². The summed E-state index contributed by atoms with van der Waals surface area (Å²) in [6, 6.07) is 15.8. The van der Waals surface area contributed by atoms with Crippen molar-refractivity contribution >= 4 is 22.4 Å². The van der Waals surface area contributed by atoms with Gasteiger partial charge in [-0.1, -0.05) is 32.9 Å². The number of benzene rings is 2. The predicted molar refractivity (Wildman–Crippen MR) is 134 cm³/mol. The second-order valence-electron chi connectivity index (χ2n) is 9.18. The monoisotopic (exact) mass is 486 g/mol. The van der Waals surface area contributed by atoms with Crippen LogP contribution in [0.25, 0.3) is 11.3 Å². The number of hydrogen-bond acceptors (Lipinski definition) is 5. The second-order valence-corrected chi connectivity index (χ2v) is 10.0. The van der Waals surface area contributed by atoms with Crippen molar-refractivity contribution in [3.8, 4) is 17.0 Å². The Balaban J connectivity index is 0.00000385. The van der Waals surface area contributed by atoms with Crippen LogP contribution in [-0.2, 0) is 5.41 Å². The van der Waals surface area contributed by atoms with Crippen LogP contribution in [0.2, 0.25) is 0 Å². The van der Waals surface area contributed by atoms with Gasteiger partial charge in [0.05, 0.1) is 12.8 Å². The van der Waals surface area contributed by atoms with Crippen LogP contribution in [0.4, 0.5) is 5.13 Å². The zero-order chi connectivity index (χ0) is 23.3. The molecule has 0 aliphatic rings. The Bertz CT molecular complexity index is 1020. The summed E-state index contributed by atoms with van der Waals surface area (Å²) < 4.78 is 5.25. The van der Waals surface area contributed by atoms with Gasteiger partial charge in [0.15, 0.2) is 5.13 Å². The van der Waals surface area contributed by atoms with Gasteiger partial charge in [-0.15, -0.1) is 11.3 Å².